The third-order valence-corrected chi connectivity index (χ3v) is 4.25. The molecule has 0 amide bonds. The van der Waals surface area contributed by atoms with Gasteiger partial charge in [-0.1, -0.05) is 42.5 Å². The van der Waals surface area contributed by atoms with Crippen molar-refractivity contribution in [1.29, 1.82) is 0 Å². The summed E-state index contributed by atoms with van der Waals surface area (Å²) in [6.45, 7) is 1.51. The molecule has 24 heavy (non-hydrogen) atoms. The molecule has 1 saturated heterocycles. The number of hydrogen-bond acceptors (Lipinski definition) is 4. The first kappa shape index (κ1) is 16.4. The third-order valence-electron chi connectivity index (χ3n) is 4.25. The van der Waals surface area contributed by atoms with E-state index in [0.717, 1.165) is 5.56 Å². The summed E-state index contributed by atoms with van der Waals surface area (Å²) < 4.78 is 7.20. The highest BCUT2D eigenvalue weighted by molar-refractivity contribution is 5.49. The first-order valence-electron chi connectivity index (χ1n) is 7.90. The van der Waals surface area contributed by atoms with Crippen molar-refractivity contribution >= 4 is 6.08 Å². The van der Waals surface area contributed by atoms with Gasteiger partial charge >= 0.3 is 5.69 Å². The lowest BCUT2D eigenvalue weighted by molar-refractivity contribution is -0.0295. The maximum absolute atomic E-state index is 12.0. The molecule has 2 aromatic rings. The summed E-state index contributed by atoms with van der Waals surface area (Å²) in [7, 11) is 0. The molecule has 3 atom stereocenters. The minimum atomic E-state index is -0.504. The van der Waals surface area contributed by atoms with Crippen LogP contribution in [0.1, 0.15) is 23.8 Å². The van der Waals surface area contributed by atoms with Crippen molar-refractivity contribution in [2.75, 3.05) is 6.61 Å². The van der Waals surface area contributed by atoms with Crippen LogP contribution in [0.25, 0.3) is 6.08 Å². The average Bonchev–Trinajstić information content (AvgIpc) is 3.00. The minimum Gasteiger partial charge on any atom is -0.394 e. The van der Waals surface area contributed by atoms with Crippen LogP contribution < -0.4 is 11.2 Å². The summed E-state index contributed by atoms with van der Waals surface area (Å²) >= 11 is 0. The van der Waals surface area contributed by atoms with E-state index >= 15 is 0 Å². The third kappa shape index (κ3) is 3.39. The maximum atomic E-state index is 12.0. The molecule has 2 N–H and O–H groups in total. The van der Waals surface area contributed by atoms with Crippen LogP contribution in [-0.4, -0.2) is 27.4 Å². The van der Waals surface area contributed by atoms with Crippen molar-refractivity contribution in [2.24, 2.45) is 5.92 Å². The van der Waals surface area contributed by atoms with Crippen LogP contribution in [0.4, 0.5) is 0 Å². The Bertz CT molecular complexity index is 838. The number of aliphatic hydroxyl groups is 1. The molecule has 0 aliphatic carbocycles. The van der Waals surface area contributed by atoms with Gasteiger partial charge in [-0.3, -0.25) is 14.3 Å². The molecule has 1 fully saturated rings. The summed E-state index contributed by atoms with van der Waals surface area (Å²) in [5.41, 5.74) is 0.616. The van der Waals surface area contributed by atoms with E-state index in [1.165, 1.54) is 10.8 Å². The quantitative estimate of drug-likeness (QED) is 0.890. The first-order chi connectivity index (χ1) is 11.6. The average molecular weight is 328 g/mol. The molecule has 1 aliphatic heterocycles. The van der Waals surface area contributed by atoms with Crippen LogP contribution in [0.2, 0.25) is 0 Å². The lowest BCUT2D eigenvalue weighted by Crippen LogP contribution is -2.33. The van der Waals surface area contributed by atoms with Gasteiger partial charge in [0, 0.05) is 24.1 Å². The molecule has 1 aromatic carbocycles. The molecule has 0 radical (unpaired) electrons. The Balaban J connectivity index is 1.82. The summed E-state index contributed by atoms with van der Waals surface area (Å²) in [5, 5.41) is 9.56. The normalized spacial score (nSPS) is 23.8. The van der Waals surface area contributed by atoms with Gasteiger partial charge in [-0.25, -0.2) is 4.79 Å². The highest BCUT2D eigenvalue weighted by Gasteiger charge is 2.34. The number of nitrogens with one attached hydrogen (secondary N) is 1. The smallest absolute Gasteiger partial charge is 0.330 e. The lowest BCUT2D eigenvalue weighted by atomic mass is 9.99. The predicted molar refractivity (Wildman–Crippen MR) is 90.6 cm³/mol. The Morgan fingerprint density at radius 2 is 2.08 bits per heavy atom. The fraction of sp³-hybridized carbons (Fsp3) is 0.333. The van der Waals surface area contributed by atoms with E-state index in [4.69, 9.17) is 4.74 Å². The van der Waals surface area contributed by atoms with Gasteiger partial charge in [0.2, 0.25) is 0 Å². The molecule has 1 unspecified atom stereocenters. The largest absolute Gasteiger partial charge is 0.394 e. The van der Waals surface area contributed by atoms with Crippen LogP contribution in [0.5, 0.6) is 0 Å². The number of H-pyrrole nitrogens is 1. The van der Waals surface area contributed by atoms with Gasteiger partial charge in [-0.2, -0.15) is 0 Å². The number of rotatable bonds is 4. The number of ether oxygens (including phenoxy) is 1. The van der Waals surface area contributed by atoms with Gasteiger partial charge < -0.3 is 9.84 Å². The van der Waals surface area contributed by atoms with Crippen molar-refractivity contribution in [3.63, 3.8) is 0 Å². The van der Waals surface area contributed by atoms with Gasteiger partial charge in [0.25, 0.3) is 5.56 Å². The topological polar surface area (TPSA) is 84.3 Å². The van der Waals surface area contributed by atoms with E-state index in [9.17, 15) is 14.7 Å². The Morgan fingerprint density at radius 1 is 1.33 bits per heavy atom. The van der Waals surface area contributed by atoms with Gasteiger partial charge in [0.1, 0.15) is 6.23 Å². The molecule has 3 rings (SSSR count). The van der Waals surface area contributed by atoms with Crippen molar-refractivity contribution in [2.45, 2.75) is 25.7 Å². The second-order valence-electron chi connectivity index (χ2n) is 5.96. The number of benzene rings is 1. The van der Waals surface area contributed by atoms with Crippen LogP contribution in [0.3, 0.4) is 0 Å². The van der Waals surface area contributed by atoms with Crippen LogP contribution in [0, 0.1) is 12.8 Å². The molecule has 6 heteroatoms. The lowest BCUT2D eigenvalue weighted by Gasteiger charge is -2.15. The second-order valence-corrected chi connectivity index (χ2v) is 5.96. The van der Waals surface area contributed by atoms with Crippen LogP contribution in [-0.2, 0) is 4.74 Å². The van der Waals surface area contributed by atoms with Gasteiger partial charge in [0.05, 0.1) is 12.7 Å². The van der Waals surface area contributed by atoms with Crippen LogP contribution in [0.15, 0.2) is 52.2 Å². The molecule has 2 heterocycles. The zero-order valence-corrected chi connectivity index (χ0v) is 13.4. The predicted octanol–water partition coefficient (Wildman–Crippen LogP) is 1.45. The standard InChI is InChI=1S/C18H20N2O4/c1-12-10-20(18(23)19-17(12)22)16-9-14(15(11-21)24-16)8-7-13-5-3-2-4-6-13/h2-8,10,14-16,21H,9,11H2,1H3,(H,19,22,23)/t14?,15-,16-/m1/s1. The SMILES string of the molecule is Cc1cn([C@H]2CC(C=Cc3ccccc3)[C@@H](CO)O2)c(=O)[nH]c1=O. The van der Waals surface area contributed by atoms with Crippen molar-refractivity contribution in [3.05, 3.63) is 74.6 Å². The summed E-state index contributed by atoms with van der Waals surface area (Å²) in [4.78, 5) is 25.8. The van der Waals surface area contributed by atoms with Crippen molar-refractivity contribution in [3.8, 4) is 0 Å². The molecule has 126 valence electrons. The summed E-state index contributed by atoms with van der Waals surface area (Å²) in [5.74, 6) is -0.0145. The van der Waals surface area contributed by atoms with Crippen molar-refractivity contribution in [1.82, 2.24) is 9.55 Å². The minimum absolute atomic E-state index is 0.0145. The first-order valence-corrected chi connectivity index (χ1v) is 7.90. The monoisotopic (exact) mass is 328 g/mol. The fourth-order valence-corrected chi connectivity index (χ4v) is 2.90. The number of aromatic nitrogens is 2. The zero-order valence-electron chi connectivity index (χ0n) is 13.4. The second kappa shape index (κ2) is 6.98. The van der Waals surface area contributed by atoms with E-state index in [2.05, 4.69) is 4.98 Å². The molecule has 0 saturated carbocycles. The number of hydrogen-bond donors (Lipinski definition) is 2. The molecular formula is C18H20N2O4. The van der Waals surface area contributed by atoms with E-state index < -0.39 is 17.5 Å². The van der Waals surface area contributed by atoms with E-state index in [1.54, 1.807) is 6.92 Å². The van der Waals surface area contributed by atoms with E-state index in [0.29, 0.717) is 12.0 Å². The zero-order chi connectivity index (χ0) is 17.1. The highest BCUT2D eigenvalue weighted by Crippen LogP contribution is 2.33. The Morgan fingerprint density at radius 3 is 2.79 bits per heavy atom. The highest BCUT2D eigenvalue weighted by atomic mass is 16.5. The number of aromatic amines is 1. The Kier molecular flexibility index (Phi) is 4.78. The maximum Gasteiger partial charge on any atom is 0.330 e. The number of aryl methyl sites for hydroxylation is 1. The van der Waals surface area contributed by atoms with Crippen molar-refractivity contribution < 1.29 is 9.84 Å². The molecular weight excluding hydrogens is 308 g/mol. The van der Waals surface area contributed by atoms with Gasteiger partial charge in [-0.15, -0.1) is 0 Å². The summed E-state index contributed by atoms with van der Waals surface area (Å²) in [6.07, 6.45) is 5.16. The summed E-state index contributed by atoms with van der Waals surface area (Å²) in [6, 6.07) is 9.86. The van der Waals surface area contributed by atoms with Gasteiger partial charge in [0.15, 0.2) is 0 Å². The van der Waals surface area contributed by atoms with E-state index in [1.807, 2.05) is 42.5 Å². The Labute approximate surface area is 139 Å². The molecule has 0 spiro atoms. The van der Waals surface area contributed by atoms with Gasteiger partial charge in [-0.05, 0) is 12.5 Å². The van der Waals surface area contributed by atoms with Crippen LogP contribution >= 0.6 is 0 Å². The molecule has 0 bridgehead atoms. The molecule has 1 aliphatic rings. The van der Waals surface area contributed by atoms with E-state index in [-0.39, 0.29) is 18.6 Å². The Hall–Kier alpha value is -2.44. The molecule has 6 nitrogen and oxygen atoms in total. The number of nitrogens with zero attached hydrogens (tertiary/aromatic N) is 1. The fourth-order valence-electron chi connectivity index (χ4n) is 2.90. The molecule has 1 aromatic heterocycles. The number of aliphatic hydroxyl groups excluding tert-OH is 1.